The molecule has 5 nitrogen and oxygen atoms in total. The summed E-state index contributed by atoms with van der Waals surface area (Å²) in [4.78, 5) is 8.21. The first-order valence-corrected chi connectivity index (χ1v) is 8.28. The smallest absolute Gasteiger partial charge is 0.185 e. The van der Waals surface area contributed by atoms with E-state index in [1.807, 2.05) is 0 Å². The van der Waals surface area contributed by atoms with Crippen LogP contribution >= 0.6 is 11.3 Å². The first-order chi connectivity index (χ1) is 10.1. The van der Waals surface area contributed by atoms with Crippen LogP contribution in [0.15, 0.2) is 0 Å². The molecule has 0 atom stereocenters. The second-order valence-corrected chi connectivity index (χ2v) is 6.64. The lowest BCUT2D eigenvalue weighted by Gasteiger charge is -2.16. The minimum absolute atomic E-state index is 0.565. The highest BCUT2D eigenvalue weighted by Crippen LogP contribution is 2.26. The Hall–Kier alpha value is -0.690. The zero-order valence-electron chi connectivity index (χ0n) is 13.9. The van der Waals surface area contributed by atoms with Crippen molar-refractivity contribution in [1.29, 1.82) is 0 Å². The maximum Gasteiger partial charge on any atom is 0.185 e. The molecule has 0 spiro atoms. The summed E-state index contributed by atoms with van der Waals surface area (Å²) in [5.74, 6) is 0.709. The summed E-state index contributed by atoms with van der Waals surface area (Å²) < 4.78 is 10.3. The van der Waals surface area contributed by atoms with E-state index in [9.17, 15) is 0 Å². The van der Waals surface area contributed by atoms with Gasteiger partial charge >= 0.3 is 0 Å². The Bertz CT molecular complexity index is 396. The van der Waals surface area contributed by atoms with E-state index in [0.717, 1.165) is 37.1 Å². The van der Waals surface area contributed by atoms with Crippen LogP contribution in [0.5, 0.6) is 0 Å². The van der Waals surface area contributed by atoms with Crippen LogP contribution in [-0.4, -0.2) is 45.9 Å². The lowest BCUT2D eigenvalue weighted by molar-refractivity contribution is 0.181. The molecule has 0 aliphatic heterocycles. The number of nitrogens with zero attached hydrogens (tertiary/aromatic N) is 2. The van der Waals surface area contributed by atoms with Gasteiger partial charge < -0.3 is 19.7 Å². The lowest BCUT2D eigenvalue weighted by Crippen LogP contribution is -2.19. The fourth-order valence-corrected chi connectivity index (χ4v) is 2.86. The van der Waals surface area contributed by atoms with Gasteiger partial charge in [-0.15, -0.1) is 11.3 Å². The molecule has 0 radical (unpaired) electrons. The summed E-state index contributed by atoms with van der Waals surface area (Å²) in [5.41, 5.74) is 1.04. The van der Waals surface area contributed by atoms with E-state index in [-0.39, 0.29) is 0 Å². The van der Waals surface area contributed by atoms with Crippen molar-refractivity contribution in [2.75, 3.05) is 45.9 Å². The van der Waals surface area contributed by atoms with Gasteiger partial charge in [-0.3, -0.25) is 0 Å². The predicted octanol–water partition coefficient (Wildman–Crippen LogP) is 2.51. The Morgan fingerprint density at radius 2 is 2.05 bits per heavy atom. The summed E-state index contributed by atoms with van der Waals surface area (Å²) in [6.45, 7) is 8.48. The highest BCUT2D eigenvalue weighted by Gasteiger charge is 2.14. The average Bonchev–Trinajstić information content (AvgIpc) is 2.85. The highest BCUT2D eigenvalue weighted by molar-refractivity contribution is 7.15. The van der Waals surface area contributed by atoms with Gasteiger partial charge in [0.05, 0.1) is 18.9 Å². The van der Waals surface area contributed by atoms with Crippen molar-refractivity contribution in [1.82, 2.24) is 10.3 Å². The lowest BCUT2D eigenvalue weighted by atomic mass is 10.1. The predicted molar refractivity (Wildman–Crippen MR) is 89.1 cm³/mol. The number of hydrogen-bond acceptors (Lipinski definition) is 6. The molecule has 0 aliphatic carbocycles. The number of hydrogen-bond donors (Lipinski definition) is 1. The van der Waals surface area contributed by atoms with Gasteiger partial charge in [-0.25, -0.2) is 4.98 Å². The summed E-state index contributed by atoms with van der Waals surface area (Å²) in [6.07, 6.45) is 1.18. The molecule has 122 valence electrons. The number of ether oxygens (including phenoxy) is 2. The van der Waals surface area contributed by atoms with Crippen LogP contribution in [0.3, 0.4) is 0 Å². The van der Waals surface area contributed by atoms with E-state index in [1.165, 1.54) is 11.3 Å². The van der Waals surface area contributed by atoms with Gasteiger partial charge in [0.25, 0.3) is 0 Å². The maximum atomic E-state index is 5.26. The SMILES string of the molecule is COCCNCc1sc(N(C)CCC(C)C)nc1COC. The topological polar surface area (TPSA) is 46.6 Å². The third kappa shape index (κ3) is 6.74. The van der Waals surface area contributed by atoms with E-state index in [1.54, 1.807) is 25.6 Å². The number of thiazole rings is 1. The monoisotopic (exact) mass is 315 g/mol. The molecule has 0 aliphatic rings. The quantitative estimate of drug-likeness (QED) is 0.636. The molecule has 1 aromatic heterocycles. The molecular formula is C15H29N3O2S. The molecule has 0 saturated carbocycles. The first-order valence-electron chi connectivity index (χ1n) is 7.46. The molecule has 1 N–H and O–H groups in total. The van der Waals surface area contributed by atoms with Crippen LogP contribution in [0.25, 0.3) is 0 Å². The van der Waals surface area contributed by atoms with Gasteiger partial charge in [0.1, 0.15) is 0 Å². The van der Waals surface area contributed by atoms with Gasteiger partial charge in [0.15, 0.2) is 5.13 Å². The fraction of sp³-hybridized carbons (Fsp3) is 0.800. The van der Waals surface area contributed by atoms with Crippen LogP contribution in [0.1, 0.15) is 30.8 Å². The van der Waals surface area contributed by atoms with Crippen molar-refractivity contribution in [3.05, 3.63) is 10.6 Å². The Balaban J connectivity index is 2.63. The second-order valence-electron chi connectivity index (χ2n) is 5.57. The van der Waals surface area contributed by atoms with Crippen LogP contribution in [0.2, 0.25) is 0 Å². The zero-order valence-corrected chi connectivity index (χ0v) is 14.8. The van der Waals surface area contributed by atoms with E-state index >= 15 is 0 Å². The third-order valence-corrected chi connectivity index (χ3v) is 4.40. The van der Waals surface area contributed by atoms with E-state index in [0.29, 0.717) is 12.5 Å². The van der Waals surface area contributed by atoms with Gasteiger partial charge in [0.2, 0.25) is 0 Å². The normalized spacial score (nSPS) is 11.3. The van der Waals surface area contributed by atoms with Crippen molar-refractivity contribution in [2.24, 2.45) is 5.92 Å². The van der Waals surface area contributed by atoms with Crippen molar-refractivity contribution in [2.45, 2.75) is 33.4 Å². The molecule has 0 amide bonds. The average molecular weight is 315 g/mol. The molecule has 0 fully saturated rings. The number of aromatic nitrogens is 1. The van der Waals surface area contributed by atoms with Crippen LogP contribution in [0.4, 0.5) is 5.13 Å². The summed E-state index contributed by atoms with van der Waals surface area (Å²) in [6, 6.07) is 0. The minimum Gasteiger partial charge on any atom is -0.383 e. The van der Waals surface area contributed by atoms with Crippen molar-refractivity contribution in [3.8, 4) is 0 Å². The molecular weight excluding hydrogens is 286 g/mol. The standard InChI is InChI=1S/C15H29N3O2S/c1-12(2)6-8-18(3)15-17-13(11-20-5)14(21-15)10-16-7-9-19-4/h12,16H,6-11H2,1-5H3. The van der Waals surface area contributed by atoms with Crippen molar-refractivity contribution < 1.29 is 9.47 Å². The van der Waals surface area contributed by atoms with Crippen LogP contribution in [-0.2, 0) is 22.6 Å². The maximum absolute atomic E-state index is 5.26. The number of methoxy groups -OCH3 is 2. The van der Waals surface area contributed by atoms with Crippen LogP contribution < -0.4 is 10.2 Å². The Labute approximate surface area is 132 Å². The Kier molecular flexibility index (Phi) is 8.84. The molecule has 21 heavy (non-hydrogen) atoms. The van der Waals surface area contributed by atoms with E-state index < -0.39 is 0 Å². The molecule has 1 rings (SSSR count). The second kappa shape index (κ2) is 10.1. The molecule has 0 aromatic carbocycles. The first kappa shape index (κ1) is 18.4. The molecule has 0 unspecified atom stereocenters. The van der Waals surface area contributed by atoms with E-state index in [2.05, 4.69) is 31.1 Å². The van der Waals surface area contributed by atoms with Crippen LogP contribution in [0, 0.1) is 5.92 Å². The highest BCUT2D eigenvalue weighted by atomic mass is 32.1. The van der Waals surface area contributed by atoms with Gasteiger partial charge in [-0.05, 0) is 12.3 Å². The van der Waals surface area contributed by atoms with Crippen molar-refractivity contribution in [3.63, 3.8) is 0 Å². The largest absolute Gasteiger partial charge is 0.383 e. The summed E-state index contributed by atoms with van der Waals surface area (Å²) in [5, 5.41) is 4.45. The summed E-state index contributed by atoms with van der Waals surface area (Å²) >= 11 is 1.75. The Morgan fingerprint density at radius 3 is 2.67 bits per heavy atom. The third-order valence-electron chi connectivity index (χ3n) is 3.18. The van der Waals surface area contributed by atoms with Gasteiger partial charge in [-0.2, -0.15) is 0 Å². The molecule has 0 saturated heterocycles. The van der Waals surface area contributed by atoms with E-state index in [4.69, 9.17) is 14.5 Å². The number of anilines is 1. The molecule has 0 bridgehead atoms. The summed E-state index contributed by atoms with van der Waals surface area (Å²) in [7, 11) is 5.54. The zero-order chi connectivity index (χ0) is 15.7. The Morgan fingerprint density at radius 1 is 1.29 bits per heavy atom. The molecule has 6 heteroatoms. The number of nitrogens with one attached hydrogen (secondary N) is 1. The van der Waals surface area contributed by atoms with Crippen molar-refractivity contribution >= 4 is 16.5 Å². The molecule has 1 aromatic rings. The van der Waals surface area contributed by atoms with Gasteiger partial charge in [-0.1, -0.05) is 13.8 Å². The minimum atomic E-state index is 0.565. The number of rotatable bonds is 11. The fourth-order valence-electron chi connectivity index (χ4n) is 1.84. The van der Waals surface area contributed by atoms with Gasteiger partial charge in [0, 0.05) is 45.8 Å². The molecule has 1 heterocycles.